The van der Waals surface area contributed by atoms with Crippen LogP contribution in [0.15, 0.2) is 59.5 Å². The number of nitrogens with zero attached hydrogens (tertiary/aromatic N) is 1. The van der Waals surface area contributed by atoms with Crippen LogP contribution in [-0.4, -0.2) is 37.5 Å². The number of aliphatic hydroxyl groups excluding tert-OH is 1. The van der Waals surface area contributed by atoms with Crippen molar-refractivity contribution in [1.29, 1.82) is 0 Å². The van der Waals surface area contributed by atoms with Gasteiger partial charge in [-0.1, -0.05) is 62.2 Å². The third kappa shape index (κ3) is 5.66. The SMILES string of the molecule is CCCCCN(CCCCO)S(=O)(=O)c1ccc(-c2ccccc2)cc1. The van der Waals surface area contributed by atoms with Gasteiger partial charge in [0.25, 0.3) is 0 Å². The van der Waals surface area contributed by atoms with Crippen LogP contribution >= 0.6 is 0 Å². The van der Waals surface area contributed by atoms with Gasteiger partial charge in [0.15, 0.2) is 0 Å². The van der Waals surface area contributed by atoms with Crippen LogP contribution in [0.4, 0.5) is 0 Å². The van der Waals surface area contributed by atoms with E-state index in [2.05, 4.69) is 6.92 Å². The topological polar surface area (TPSA) is 57.6 Å². The van der Waals surface area contributed by atoms with Crippen molar-refractivity contribution in [2.75, 3.05) is 19.7 Å². The fourth-order valence-electron chi connectivity index (χ4n) is 2.89. The van der Waals surface area contributed by atoms with Crippen molar-refractivity contribution in [3.8, 4) is 11.1 Å². The Labute approximate surface area is 157 Å². The van der Waals surface area contributed by atoms with Crippen molar-refractivity contribution < 1.29 is 13.5 Å². The minimum atomic E-state index is -3.51. The first-order valence-electron chi connectivity index (χ1n) is 9.36. The molecule has 1 N–H and O–H groups in total. The average Bonchev–Trinajstić information content (AvgIpc) is 2.68. The van der Waals surface area contributed by atoms with Crippen LogP contribution in [0.1, 0.15) is 39.0 Å². The summed E-state index contributed by atoms with van der Waals surface area (Å²) in [6.07, 6.45) is 4.21. The van der Waals surface area contributed by atoms with Gasteiger partial charge in [-0.2, -0.15) is 4.31 Å². The van der Waals surface area contributed by atoms with Gasteiger partial charge < -0.3 is 5.11 Å². The van der Waals surface area contributed by atoms with Crippen molar-refractivity contribution in [3.05, 3.63) is 54.6 Å². The molecule has 0 spiro atoms. The third-order valence-electron chi connectivity index (χ3n) is 4.43. The molecule has 0 bridgehead atoms. The standard InChI is InChI=1S/C21H29NO3S/c1-2-3-7-16-22(17-8-9-18-23)26(24,25)21-14-12-20(13-15-21)19-10-5-4-6-11-19/h4-6,10-15,23H,2-3,7-9,16-18H2,1H3. The summed E-state index contributed by atoms with van der Waals surface area (Å²) in [6.45, 7) is 3.18. The summed E-state index contributed by atoms with van der Waals surface area (Å²) in [6, 6.07) is 17.0. The molecule has 0 aliphatic heterocycles. The first kappa shape index (κ1) is 20.6. The van der Waals surface area contributed by atoms with Crippen molar-refractivity contribution in [1.82, 2.24) is 4.31 Å². The lowest BCUT2D eigenvalue weighted by Gasteiger charge is -2.22. The molecule has 0 aromatic heterocycles. The second-order valence-corrected chi connectivity index (χ2v) is 8.37. The lowest BCUT2D eigenvalue weighted by atomic mass is 10.1. The number of hydrogen-bond acceptors (Lipinski definition) is 3. The largest absolute Gasteiger partial charge is 0.396 e. The summed E-state index contributed by atoms with van der Waals surface area (Å²) in [5.74, 6) is 0. The van der Waals surface area contributed by atoms with Gasteiger partial charge in [-0.3, -0.25) is 0 Å². The fourth-order valence-corrected chi connectivity index (χ4v) is 4.41. The Kier molecular flexibility index (Phi) is 8.29. The molecule has 26 heavy (non-hydrogen) atoms. The van der Waals surface area contributed by atoms with Crippen LogP contribution in [0.3, 0.4) is 0 Å². The zero-order valence-electron chi connectivity index (χ0n) is 15.5. The molecule has 0 unspecified atom stereocenters. The summed E-state index contributed by atoms with van der Waals surface area (Å²) in [4.78, 5) is 0.331. The van der Waals surface area contributed by atoms with Crippen LogP contribution < -0.4 is 0 Å². The van der Waals surface area contributed by atoms with E-state index in [0.717, 1.165) is 30.4 Å². The first-order valence-corrected chi connectivity index (χ1v) is 10.8. The zero-order valence-corrected chi connectivity index (χ0v) is 16.3. The smallest absolute Gasteiger partial charge is 0.243 e. The highest BCUT2D eigenvalue weighted by Gasteiger charge is 2.23. The quantitative estimate of drug-likeness (QED) is 0.596. The van der Waals surface area contributed by atoms with Crippen LogP contribution in [0, 0.1) is 0 Å². The number of rotatable bonds is 11. The van der Waals surface area contributed by atoms with E-state index >= 15 is 0 Å². The normalized spacial score (nSPS) is 11.8. The Morgan fingerprint density at radius 2 is 1.38 bits per heavy atom. The van der Waals surface area contributed by atoms with Gasteiger partial charge in [-0.15, -0.1) is 0 Å². The molecule has 0 fully saturated rings. The fraction of sp³-hybridized carbons (Fsp3) is 0.429. The molecule has 0 heterocycles. The lowest BCUT2D eigenvalue weighted by molar-refractivity contribution is 0.275. The molecule has 0 saturated carbocycles. The average molecular weight is 376 g/mol. The van der Waals surface area contributed by atoms with Gasteiger partial charge in [0, 0.05) is 19.7 Å². The summed E-state index contributed by atoms with van der Waals surface area (Å²) < 4.78 is 27.6. The molecule has 2 rings (SSSR count). The Morgan fingerprint density at radius 1 is 0.808 bits per heavy atom. The molecule has 4 nitrogen and oxygen atoms in total. The van der Waals surface area contributed by atoms with Crippen molar-refractivity contribution in [2.24, 2.45) is 0 Å². The van der Waals surface area contributed by atoms with E-state index in [4.69, 9.17) is 5.11 Å². The van der Waals surface area contributed by atoms with E-state index in [1.54, 1.807) is 16.4 Å². The summed E-state index contributed by atoms with van der Waals surface area (Å²) in [5.41, 5.74) is 2.07. The van der Waals surface area contributed by atoms with E-state index in [9.17, 15) is 8.42 Å². The van der Waals surface area contributed by atoms with Gasteiger partial charge in [0.05, 0.1) is 4.90 Å². The minimum absolute atomic E-state index is 0.0919. The zero-order chi connectivity index (χ0) is 18.8. The summed E-state index contributed by atoms with van der Waals surface area (Å²) in [7, 11) is -3.51. The maximum absolute atomic E-state index is 13.0. The van der Waals surface area contributed by atoms with Crippen molar-refractivity contribution in [3.63, 3.8) is 0 Å². The summed E-state index contributed by atoms with van der Waals surface area (Å²) >= 11 is 0. The maximum atomic E-state index is 13.0. The molecule has 0 aliphatic rings. The van der Waals surface area contributed by atoms with Crippen molar-refractivity contribution >= 4 is 10.0 Å². The monoisotopic (exact) mass is 375 g/mol. The lowest BCUT2D eigenvalue weighted by Crippen LogP contribution is -2.33. The molecular formula is C21H29NO3S. The summed E-state index contributed by atoms with van der Waals surface area (Å²) in [5, 5.41) is 8.98. The number of unbranched alkanes of at least 4 members (excludes halogenated alkanes) is 3. The predicted molar refractivity (Wildman–Crippen MR) is 106 cm³/mol. The van der Waals surface area contributed by atoms with Gasteiger partial charge in [-0.25, -0.2) is 8.42 Å². The second kappa shape index (κ2) is 10.5. The third-order valence-corrected chi connectivity index (χ3v) is 6.34. The Morgan fingerprint density at radius 3 is 1.96 bits per heavy atom. The number of sulfonamides is 1. The molecule has 5 heteroatoms. The molecule has 0 atom stereocenters. The molecule has 0 amide bonds. The van der Waals surface area contributed by atoms with Gasteiger partial charge in [0.2, 0.25) is 10.0 Å². The molecule has 0 saturated heterocycles. The van der Waals surface area contributed by atoms with E-state index in [0.29, 0.717) is 30.8 Å². The van der Waals surface area contributed by atoms with E-state index < -0.39 is 10.0 Å². The molecule has 0 aliphatic carbocycles. The van der Waals surface area contributed by atoms with E-state index in [1.165, 1.54) is 0 Å². The van der Waals surface area contributed by atoms with Gasteiger partial charge in [0.1, 0.15) is 0 Å². The maximum Gasteiger partial charge on any atom is 0.243 e. The number of benzene rings is 2. The highest BCUT2D eigenvalue weighted by molar-refractivity contribution is 7.89. The second-order valence-electron chi connectivity index (χ2n) is 6.43. The molecule has 142 valence electrons. The molecule has 2 aromatic carbocycles. The van der Waals surface area contributed by atoms with E-state index in [-0.39, 0.29) is 6.61 Å². The van der Waals surface area contributed by atoms with Gasteiger partial charge in [-0.05, 0) is 42.5 Å². The Bertz CT molecular complexity index is 733. The van der Waals surface area contributed by atoms with Crippen LogP contribution in [0.5, 0.6) is 0 Å². The van der Waals surface area contributed by atoms with E-state index in [1.807, 2.05) is 42.5 Å². The number of hydrogen-bond donors (Lipinski definition) is 1. The molecular weight excluding hydrogens is 346 g/mol. The predicted octanol–water partition coefficient (Wildman–Crippen LogP) is 4.31. The van der Waals surface area contributed by atoms with Crippen LogP contribution in [0.25, 0.3) is 11.1 Å². The first-order chi connectivity index (χ1) is 12.6. The van der Waals surface area contributed by atoms with Gasteiger partial charge >= 0.3 is 0 Å². The van der Waals surface area contributed by atoms with Crippen LogP contribution in [0.2, 0.25) is 0 Å². The highest BCUT2D eigenvalue weighted by Crippen LogP contribution is 2.23. The Hall–Kier alpha value is -1.69. The number of aliphatic hydroxyl groups is 1. The highest BCUT2D eigenvalue weighted by atomic mass is 32.2. The Balaban J connectivity index is 2.17. The van der Waals surface area contributed by atoms with Crippen molar-refractivity contribution in [2.45, 2.75) is 43.9 Å². The molecule has 0 radical (unpaired) electrons. The molecule has 2 aromatic rings. The minimum Gasteiger partial charge on any atom is -0.396 e. The van der Waals surface area contributed by atoms with Crippen LogP contribution in [-0.2, 0) is 10.0 Å².